The summed E-state index contributed by atoms with van der Waals surface area (Å²) in [6, 6.07) is 25.7. The van der Waals surface area contributed by atoms with Crippen molar-refractivity contribution in [1.29, 1.82) is 0 Å². The Morgan fingerprint density at radius 1 is 0.793 bits per heavy atom. The normalized spacial score (nSPS) is 14.2. The van der Waals surface area contributed by atoms with E-state index in [1.807, 2.05) is 0 Å². The summed E-state index contributed by atoms with van der Waals surface area (Å²) >= 11 is 0. The average molecular weight is 387 g/mol. The molecule has 1 saturated heterocycles. The molecule has 2 N–H and O–H groups in total. The van der Waals surface area contributed by atoms with E-state index in [-0.39, 0.29) is 0 Å². The Balaban J connectivity index is 1.42. The van der Waals surface area contributed by atoms with Crippen molar-refractivity contribution >= 4 is 0 Å². The van der Waals surface area contributed by atoms with Crippen molar-refractivity contribution in [1.82, 2.24) is 4.90 Å². The molecule has 0 atom stereocenters. The zero-order chi connectivity index (χ0) is 19.9. The summed E-state index contributed by atoms with van der Waals surface area (Å²) in [7, 11) is 0. The lowest BCUT2D eigenvalue weighted by molar-refractivity contribution is 0.238. The summed E-state index contributed by atoms with van der Waals surface area (Å²) in [5, 5.41) is 0. The molecule has 0 aliphatic carbocycles. The highest BCUT2D eigenvalue weighted by Crippen LogP contribution is 2.27. The summed E-state index contributed by atoms with van der Waals surface area (Å²) in [6.45, 7) is 4.80. The van der Waals surface area contributed by atoms with E-state index in [0.29, 0.717) is 6.54 Å². The van der Waals surface area contributed by atoms with Crippen LogP contribution in [0, 0.1) is 0 Å². The van der Waals surface area contributed by atoms with E-state index in [1.54, 1.807) is 0 Å². The number of likely N-dealkylation sites (tertiary alicyclic amines) is 1. The van der Waals surface area contributed by atoms with Crippen molar-refractivity contribution in [3.63, 3.8) is 0 Å². The molecule has 1 aliphatic rings. The number of benzene rings is 3. The van der Waals surface area contributed by atoms with Gasteiger partial charge in [0.1, 0.15) is 12.4 Å². The molecule has 4 rings (SSSR count). The number of hydrogen-bond acceptors (Lipinski definition) is 3. The first-order chi connectivity index (χ1) is 14.3. The summed E-state index contributed by atoms with van der Waals surface area (Å²) in [5.41, 5.74) is 12.0. The number of ether oxygens (including phenoxy) is 1. The third-order valence-corrected chi connectivity index (χ3v) is 5.71. The Hall–Kier alpha value is -2.62. The Kier molecular flexibility index (Phi) is 6.60. The topological polar surface area (TPSA) is 38.5 Å². The van der Waals surface area contributed by atoms with Gasteiger partial charge in [0.05, 0.1) is 0 Å². The van der Waals surface area contributed by atoms with E-state index in [9.17, 15) is 0 Å². The first-order valence-electron chi connectivity index (χ1n) is 10.6. The van der Waals surface area contributed by atoms with Gasteiger partial charge in [-0.1, -0.05) is 60.7 Å². The third-order valence-electron chi connectivity index (χ3n) is 5.71. The highest BCUT2D eigenvalue weighted by atomic mass is 16.5. The van der Waals surface area contributed by atoms with Crippen LogP contribution in [-0.4, -0.2) is 31.1 Å². The van der Waals surface area contributed by atoms with E-state index in [0.717, 1.165) is 25.3 Å². The summed E-state index contributed by atoms with van der Waals surface area (Å²) in [4.78, 5) is 2.48. The minimum atomic E-state index is 0.587. The van der Waals surface area contributed by atoms with Crippen LogP contribution in [0.1, 0.15) is 29.5 Å². The fourth-order valence-electron chi connectivity index (χ4n) is 4.00. The van der Waals surface area contributed by atoms with Crippen LogP contribution >= 0.6 is 0 Å². The molecule has 0 spiro atoms. The monoisotopic (exact) mass is 386 g/mol. The predicted molar refractivity (Wildman–Crippen MR) is 120 cm³/mol. The second-order valence-corrected chi connectivity index (χ2v) is 7.78. The lowest BCUT2D eigenvalue weighted by Gasteiger charge is -2.15. The Morgan fingerprint density at radius 3 is 2.21 bits per heavy atom. The van der Waals surface area contributed by atoms with Crippen LogP contribution in [0.4, 0.5) is 0 Å². The van der Waals surface area contributed by atoms with Gasteiger partial charge in [0.15, 0.2) is 0 Å². The molecule has 0 amide bonds. The molecule has 3 aromatic rings. The van der Waals surface area contributed by atoms with Crippen LogP contribution in [-0.2, 0) is 13.0 Å². The van der Waals surface area contributed by atoms with Gasteiger partial charge in [-0.2, -0.15) is 0 Å². The quantitative estimate of drug-likeness (QED) is 0.600. The van der Waals surface area contributed by atoms with Crippen LogP contribution in [0.3, 0.4) is 0 Å². The maximum absolute atomic E-state index is 5.95. The van der Waals surface area contributed by atoms with Crippen molar-refractivity contribution in [2.75, 3.05) is 26.2 Å². The second-order valence-electron chi connectivity index (χ2n) is 7.78. The van der Waals surface area contributed by atoms with Gasteiger partial charge in [0.25, 0.3) is 0 Å². The number of nitrogens with two attached hydrogens (primary N) is 1. The van der Waals surface area contributed by atoms with Crippen LogP contribution < -0.4 is 10.5 Å². The highest BCUT2D eigenvalue weighted by Gasteiger charge is 2.11. The van der Waals surface area contributed by atoms with Gasteiger partial charge in [-0.3, -0.25) is 4.90 Å². The largest absolute Gasteiger partial charge is 0.492 e. The van der Waals surface area contributed by atoms with E-state index in [4.69, 9.17) is 10.5 Å². The zero-order valence-corrected chi connectivity index (χ0v) is 17.0. The van der Waals surface area contributed by atoms with Gasteiger partial charge in [0.2, 0.25) is 0 Å². The van der Waals surface area contributed by atoms with E-state index >= 15 is 0 Å². The molecular weight excluding hydrogens is 356 g/mol. The summed E-state index contributed by atoms with van der Waals surface area (Å²) in [6.07, 6.45) is 3.56. The molecule has 150 valence electrons. The van der Waals surface area contributed by atoms with Crippen molar-refractivity contribution in [3.8, 4) is 16.9 Å². The van der Waals surface area contributed by atoms with Gasteiger partial charge in [0, 0.05) is 13.1 Å². The highest BCUT2D eigenvalue weighted by molar-refractivity contribution is 5.68. The number of hydrogen-bond donors (Lipinski definition) is 1. The molecule has 29 heavy (non-hydrogen) atoms. The number of nitrogens with zero attached hydrogens (tertiary/aromatic N) is 1. The molecule has 0 saturated carbocycles. The predicted octanol–water partition coefficient (Wildman–Crippen LogP) is 4.88. The molecule has 3 nitrogen and oxygen atoms in total. The van der Waals surface area contributed by atoms with Gasteiger partial charge in [-0.15, -0.1) is 0 Å². The first-order valence-corrected chi connectivity index (χ1v) is 10.6. The smallest absolute Gasteiger partial charge is 0.119 e. The number of rotatable bonds is 8. The minimum absolute atomic E-state index is 0.587. The van der Waals surface area contributed by atoms with E-state index < -0.39 is 0 Å². The third kappa shape index (κ3) is 5.26. The maximum atomic E-state index is 5.95. The Labute approximate surface area is 174 Å². The SMILES string of the molecule is NCc1ccc(Cc2ccccc2-c2ccc(OCCN3CCCC3)cc2)cc1. The van der Waals surface area contributed by atoms with Crippen molar-refractivity contribution in [2.45, 2.75) is 25.8 Å². The first kappa shape index (κ1) is 19.7. The van der Waals surface area contributed by atoms with Gasteiger partial charge in [-0.25, -0.2) is 0 Å². The average Bonchev–Trinajstić information content (AvgIpc) is 3.29. The van der Waals surface area contributed by atoms with E-state index in [2.05, 4.69) is 77.7 Å². The summed E-state index contributed by atoms with van der Waals surface area (Å²) < 4.78 is 5.95. The summed E-state index contributed by atoms with van der Waals surface area (Å²) in [5.74, 6) is 0.947. The molecule has 1 fully saturated rings. The van der Waals surface area contributed by atoms with Crippen LogP contribution in [0.15, 0.2) is 72.8 Å². The molecule has 1 heterocycles. The maximum Gasteiger partial charge on any atom is 0.119 e. The van der Waals surface area contributed by atoms with Gasteiger partial charge in [-0.05, 0) is 72.3 Å². The molecule has 0 unspecified atom stereocenters. The minimum Gasteiger partial charge on any atom is -0.492 e. The van der Waals surface area contributed by atoms with Crippen LogP contribution in [0.2, 0.25) is 0 Å². The molecule has 3 heteroatoms. The second kappa shape index (κ2) is 9.73. The zero-order valence-electron chi connectivity index (χ0n) is 17.0. The van der Waals surface area contributed by atoms with Crippen molar-refractivity contribution in [3.05, 3.63) is 89.5 Å². The Bertz CT molecular complexity index is 897. The van der Waals surface area contributed by atoms with Crippen molar-refractivity contribution in [2.24, 2.45) is 5.73 Å². The fourth-order valence-corrected chi connectivity index (χ4v) is 4.00. The molecule has 3 aromatic carbocycles. The van der Waals surface area contributed by atoms with Gasteiger partial charge < -0.3 is 10.5 Å². The Morgan fingerprint density at radius 2 is 1.48 bits per heavy atom. The lowest BCUT2D eigenvalue weighted by Crippen LogP contribution is -2.25. The molecule has 0 aromatic heterocycles. The van der Waals surface area contributed by atoms with E-state index in [1.165, 1.54) is 53.7 Å². The lowest BCUT2D eigenvalue weighted by atomic mass is 9.94. The van der Waals surface area contributed by atoms with Crippen LogP contribution in [0.25, 0.3) is 11.1 Å². The fraction of sp³-hybridized carbons (Fsp3) is 0.308. The molecular formula is C26H30N2O. The van der Waals surface area contributed by atoms with Crippen molar-refractivity contribution < 1.29 is 4.74 Å². The standard InChI is InChI=1S/C26H30N2O/c27-20-22-9-7-21(8-10-22)19-24-5-1-2-6-26(24)23-11-13-25(14-12-23)29-18-17-28-15-3-4-16-28/h1-2,5-14H,3-4,15-20,27H2. The molecule has 0 bridgehead atoms. The molecule has 1 aliphatic heterocycles. The van der Waals surface area contributed by atoms with Crippen LogP contribution in [0.5, 0.6) is 5.75 Å². The van der Waals surface area contributed by atoms with Gasteiger partial charge >= 0.3 is 0 Å². The molecule has 0 radical (unpaired) electrons.